The zero-order valence-electron chi connectivity index (χ0n) is 14.4. The van der Waals surface area contributed by atoms with Gasteiger partial charge in [-0.25, -0.2) is 0 Å². The Balaban J connectivity index is -0.00000000225. The Morgan fingerprint density at radius 2 is 0.167 bits per heavy atom. The summed E-state index contributed by atoms with van der Waals surface area (Å²) in [5.74, 6) is 0. The van der Waals surface area contributed by atoms with Crippen molar-refractivity contribution in [1.29, 1.82) is 0 Å². The van der Waals surface area contributed by atoms with Gasteiger partial charge in [0.25, 0.3) is 0 Å². The molecule has 0 aliphatic rings. The van der Waals surface area contributed by atoms with Gasteiger partial charge in [0.1, 0.15) is 0 Å². The summed E-state index contributed by atoms with van der Waals surface area (Å²) in [4.78, 5) is 0. The summed E-state index contributed by atoms with van der Waals surface area (Å²) in [5, 5.41) is 0. The number of halogens is 6. The predicted molar refractivity (Wildman–Crippen MR) is 134 cm³/mol. The van der Waals surface area contributed by atoms with Gasteiger partial charge in [-0.15, -0.1) is 0 Å². The normalized spacial score (nSPS) is 4.00. The van der Waals surface area contributed by atoms with Gasteiger partial charge in [-0.3, -0.25) is 28.2 Å². The molecule has 0 aliphatic heterocycles. The molecule has 0 fully saturated rings. The van der Waals surface area contributed by atoms with E-state index in [1.165, 1.54) is 175 Å². The molecule has 0 aromatic carbocycles. The molecule has 0 unspecified atom stereocenters. The molecule has 0 aromatic rings. The molecule has 0 aliphatic carbocycles. The van der Waals surface area contributed by atoms with Crippen LogP contribution in [0.25, 0.3) is 0 Å². The summed E-state index contributed by atoms with van der Waals surface area (Å²) in [6.07, 6.45) is 0. The van der Waals surface area contributed by atoms with Gasteiger partial charge in [0.05, 0.1) is 0 Å². The van der Waals surface area contributed by atoms with Crippen molar-refractivity contribution in [3.05, 3.63) is 0 Å². The van der Waals surface area contributed by atoms with E-state index in [2.05, 4.69) is 0 Å². The molecular formula is H42F6Ge12. The average Bonchev–Trinajstić information content (AvgIpc) is 2.33. The van der Waals surface area contributed by atoms with Crippen molar-refractivity contribution >= 4 is 175 Å². The van der Waals surface area contributed by atoms with E-state index in [-0.39, 0.29) is 28.2 Å². The molecule has 0 saturated heterocycles. The van der Waals surface area contributed by atoms with Crippen LogP contribution in [-0.4, -0.2) is 175 Å². The first-order valence-electron chi connectivity index (χ1n) is 6.00. The van der Waals surface area contributed by atoms with Gasteiger partial charge in [-0.1, -0.05) is 0 Å². The second-order valence-corrected chi connectivity index (χ2v) is 0. The van der Waals surface area contributed by atoms with Crippen molar-refractivity contribution in [2.75, 3.05) is 0 Å². The summed E-state index contributed by atoms with van der Waals surface area (Å²) in [7, 11) is 0. The van der Waals surface area contributed by atoms with Gasteiger partial charge in [-0.05, 0) is 0 Å². The molecule has 0 heterocycles. The van der Waals surface area contributed by atoms with Crippen LogP contribution in [-0.2, 0) is 0 Å². The van der Waals surface area contributed by atoms with Gasteiger partial charge in [-0.2, -0.15) is 0 Å². The summed E-state index contributed by atoms with van der Waals surface area (Å²) in [5.41, 5.74) is 0. The van der Waals surface area contributed by atoms with E-state index in [4.69, 9.17) is 0 Å². The van der Waals surface area contributed by atoms with Crippen molar-refractivity contribution in [1.82, 2.24) is 0 Å². The van der Waals surface area contributed by atoms with Crippen molar-refractivity contribution < 1.29 is 28.2 Å². The first-order chi connectivity index (χ1) is 6.00. The number of hydrogen-bond acceptors (Lipinski definition) is 0. The molecule has 0 bridgehead atoms. The molecule has 18 heavy (non-hydrogen) atoms. The Morgan fingerprint density at radius 3 is 0.167 bits per heavy atom. The molecule has 0 spiro atoms. The summed E-state index contributed by atoms with van der Waals surface area (Å²) in [6, 6.07) is 0. The topological polar surface area (TPSA) is 0 Å². The maximum atomic E-state index is 1.25. The van der Waals surface area contributed by atoms with Crippen LogP contribution < -0.4 is 0 Å². The van der Waals surface area contributed by atoms with Gasteiger partial charge in [0, 0.05) is 0 Å². The summed E-state index contributed by atoms with van der Waals surface area (Å²) < 4.78 is 0. The molecule has 0 amide bonds. The summed E-state index contributed by atoms with van der Waals surface area (Å²) >= 11 is 15.0. The first kappa shape index (κ1) is 87.9. The maximum absolute atomic E-state index is 1.25. The number of rotatable bonds is 0. The molecule has 18 heteroatoms. The zero-order chi connectivity index (χ0) is 12.0. The average molecular weight is 1030 g/mol. The third-order valence-electron chi connectivity index (χ3n) is 0. The van der Waals surface area contributed by atoms with Crippen molar-refractivity contribution in [2.45, 2.75) is 0 Å². The van der Waals surface area contributed by atoms with Crippen LogP contribution in [0.4, 0.5) is 28.2 Å². The summed E-state index contributed by atoms with van der Waals surface area (Å²) in [6.45, 7) is 0. The molecule has 0 aromatic heterocycles. The fraction of sp³-hybridized carbons (Fsp3) is 0. The van der Waals surface area contributed by atoms with Gasteiger partial charge in [0.15, 0.2) is 0 Å². The van der Waals surface area contributed by atoms with Crippen LogP contribution in [0.5, 0.6) is 0 Å². The quantitative estimate of drug-likeness (QED) is 0.168. The Morgan fingerprint density at radius 1 is 0.167 bits per heavy atom. The van der Waals surface area contributed by atoms with Gasteiger partial charge < -0.3 is 0 Å². The Labute approximate surface area is 198 Å². The Bertz CT molecular complexity index is 16.5. The van der Waals surface area contributed by atoms with Crippen LogP contribution in [0.1, 0.15) is 0 Å². The Kier molecular flexibility index (Phi) is 1480. The molecule has 132 valence electrons. The standard InChI is InChI=1S/6FH.6Ge2H6/c;;;;;;6*1-2/h6*1H;6*1-2H3. The molecule has 0 radical (unpaired) electrons. The van der Waals surface area contributed by atoms with E-state index in [0.29, 0.717) is 0 Å². The molecule has 0 N–H and O–H groups in total. The number of hydrogen-bond donors (Lipinski definition) is 0. The van der Waals surface area contributed by atoms with E-state index >= 15 is 0 Å². The van der Waals surface area contributed by atoms with E-state index < -0.39 is 0 Å². The second-order valence-electron chi connectivity index (χ2n) is 0. The Hall–Kier alpha value is 6.09. The third kappa shape index (κ3) is 265. The van der Waals surface area contributed by atoms with Crippen LogP contribution in [0.2, 0.25) is 0 Å². The minimum atomic E-state index is 0. The SMILES string of the molecule is F.F.F.F.F.F.[GeH3][GeH3].[GeH3][GeH3].[GeH3][GeH3].[GeH3][GeH3].[GeH3][GeH3].[GeH3][GeH3]. The van der Waals surface area contributed by atoms with Crippen molar-refractivity contribution in [2.24, 2.45) is 0 Å². The third-order valence-corrected chi connectivity index (χ3v) is 0. The van der Waals surface area contributed by atoms with Crippen LogP contribution in [0.3, 0.4) is 0 Å². The fourth-order valence-electron chi connectivity index (χ4n) is 0. The minimum absolute atomic E-state index is 0. The fourth-order valence-corrected chi connectivity index (χ4v) is 0. The van der Waals surface area contributed by atoms with Crippen LogP contribution >= 0.6 is 0 Å². The zero-order valence-corrected chi connectivity index (χ0v) is 64.8. The van der Waals surface area contributed by atoms with Crippen molar-refractivity contribution in [3.63, 3.8) is 0 Å². The molecule has 0 saturated carbocycles. The van der Waals surface area contributed by atoms with E-state index in [1.807, 2.05) is 0 Å². The van der Waals surface area contributed by atoms with E-state index in [9.17, 15) is 0 Å². The van der Waals surface area contributed by atoms with E-state index in [0.717, 1.165) is 0 Å². The predicted octanol–water partition coefficient (Wildman–Crippen LogP) is -13.3. The van der Waals surface area contributed by atoms with Gasteiger partial charge >= 0.3 is 175 Å². The molecule has 0 atom stereocenters. The second kappa shape index (κ2) is 304. The first-order valence-corrected chi connectivity index (χ1v) is 162. The monoisotopic (exact) mass is 1040 g/mol. The van der Waals surface area contributed by atoms with E-state index in [1.54, 1.807) is 0 Å². The van der Waals surface area contributed by atoms with Crippen LogP contribution in [0, 0.1) is 0 Å². The van der Waals surface area contributed by atoms with Crippen LogP contribution in [0.15, 0.2) is 0 Å². The van der Waals surface area contributed by atoms with Gasteiger partial charge in [0.2, 0.25) is 0 Å². The molecular weight excluding hydrogens is 985 g/mol. The molecule has 0 rings (SSSR count). The van der Waals surface area contributed by atoms with Crippen molar-refractivity contribution in [3.8, 4) is 0 Å². The molecule has 0 nitrogen and oxygen atoms in total.